The molecule has 5 nitrogen and oxygen atoms in total. The second-order valence-electron chi connectivity index (χ2n) is 9.17. The van der Waals surface area contributed by atoms with Crippen LogP contribution >= 0.6 is 0 Å². The Hall–Kier alpha value is -3.15. The zero-order chi connectivity index (χ0) is 22.5. The Kier molecular flexibility index (Phi) is 5.03. The maximum Gasteiger partial charge on any atom is 0.227 e. The molecule has 2 saturated heterocycles. The monoisotopic (exact) mass is 434 g/mol. The highest BCUT2D eigenvalue weighted by Gasteiger charge is 2.50. The summed E-state index contributed by atoms with van der Waals surface area (Å²) in [6.07, 6.45) is 4.64. The number of benzene rings is 2. The number of hydrogen-bond acceptors (Lipinski definition) is 3. The molecule has 1 aromatic heterocycles. The molecule has 2 aliphatic heterocycles. The van der Waals surface area contributed by atoms with E-state index >= 15 is 0 Å². The first-order valence-corrected chi connectivity index (χ1v) is 11.2. The van der Waals surface area contributed by atoms with Gasteiger partial charge in [-0.25, -0.2) is 4.39 Å². The van der Waals surface area contributed by atoms with Crippen molar-refractivity contribution in [2.45, 2.75) is 57.5 Å². The summed E-state index contributed by atoms with van der Waals surface area (Å²) in [5, 5.41) is 4.13. The lowest BCUT2D eigenvalue weighted by molar-refractivity contribution is -0.138. The van der Waals surface area contributed by atoms with Crippen LogP contribution in [0.15, 0.2) is 47.1 Å². The number of rotatable bonds is 3. The number of nitrogens with one attached hydrogen (secondary N) is 1. The van der Waals surface area contributed by atoms with Crippen molar-refractivity contribution in [2.24, 2.45) is 0 Å². The molecule has 2 fully saturated rings. The molecule has 2 aromatic carbocycles. The van der Waals surface area contributed by atoms with E-state index in [1.165, 1.54) is 12.1 Å². The summed E-state index contributed by atoms with van der Waals surface area (Å²) in [6, 6.07) is 10.0. The highest BCUT2D eigenvalue weighted by Crippen LogP contribution is 2.45. The normalized spacial score (nSPS) is 23.2. The number of carbonyl (C=O) groups excluding carboxylic acids is 2. The van der Waals surface area contributed by atoms with Gasteiger partial charge in [-0.05, 0) is 61.9 Å². The molecule has 2 aliphatic rings. The van der Waals surface area contributed by atoms with Crippen molar-refractivity contribution in [3.8, 4) is 0 Å². The van der Waals surface area contributed by atoms with E-state index in [0.717, 1.165) is 46.1 Å². The van der Waals surface area contributed by atoms with E-state index in [0.29, 0.717) is 19.4 Å². The molecule has 0 saturated carbocycles. The van der Waals surface area contributed by atoms with Gasteiger partial charge in [-0.1, -0.05) is 24.3 Å². The number of likely N-dealkylation sites (tertiary alicyclic amines) is 1. The number of nitrogens with zero attached hydrogens (tertiary/aromatic N) is 1. The Balaban J connectivity index is 1.50. The molecular weight excluding hydrogens is 407 g/mol. The van der Waals surface area contributed by atoms with Crippen LogP contribution in [0.5, 0.6) is 0 Å². The SMILES string of the molecule is Cc1ccc2c(CC(=O)N3CCC[C@]4(CCC(=O)N4)[C@H]3c3ccc(F)cc3)coc2c1C. The minimum Gasteiger partial charge on any atom is -0.464 e. The Bertz CT molecular complexity index is 1200. The first kappa shape index (κ1) is 20.7. The van der Waals surface area contributed by atoms with Gasteiger partial charge in [-0.15, -0.1) is 0 Å². The predicted octanol–water partition coefficient (Wildman–Crippen LogP) is 4.74. The van der Waals surface area contributed by atoms with Gasteiger partial charge in [0.25, 0.3) is 0 Å². The van der Waals surface area contributed by atoms with E-state index in [-0.39, 0.29) is 30.1 Å². The Morgan fingerprint density at radius 2 is 1.97 bits per heavy atom. The van der Waals surface area contributed by atoms with Gasteiger partial charge in [-0.2, -0.15) is 0 Å². The van der Waals surface area contributed by atoms with E-state index in [2.05, 4.69) is 5.32 Å². The molecule has 2 atom stereocenters. The molecule has 0 radical (unpaired) electrons. The van der Waals surface area contributed by atoms with E-state index in [9.17, 15) is 14.0 Å². The molecule has 0 bridgehead atoms. The number of halogens is 1. The molecule has 166 valence electrons. The van der Waals surface area contributed by atoms with Crippen molar-refractivity contribution in [1.29, 1.82) is 0 Å². The topological polar surface area (TPSA) is 62.6 Å². The number of piperidine rings is 1. The van der Waals surface area contributed by atoms with Crippen molar-refractivity contribution >= 4 is 22.8 Å². The summed E-state index contributed by atoms with van der Waals surface area (Å²) < 4.78 is 19.5. The highest BCUT2D eigenvalue weighted by atomic mass is 19.1. The van der Waals surface area contributed by atoms with Gasteiger partial charge in [-0.3, -0.25) is 9.59 Å². The standard InChI is InChI=1S/C26H27FN2O3/c1-16-4-9-21-19(15-32-24(21)17(16)2)14-23(31)29-13-3-11-26(12-10-22(30)28-26)25(29)18-5-7-20(27)8-6-18/h4-9,15,25H,3,10-14H2,1-2H3,(H,28,30)/t25-,26+/m1/s1. The fourth-order valence-corrected chi connectivity index (χ4v) is 5.46. The lowest BCUT2D eigenvalue weighted by Gasteiger charge is -2.48. The molecule has 1 N–H and O–H groups in total. The summed E-state index contributed by atoms with van der Waals surface area (Å²) >= 11 is 0. The van der Waals surface area contributed by atoms with Crippen molar-refractivity contribution in [1.82, 2.24) is 10.2 Å². The molecule has 32 heavy (non-hydrogen) atoms. The summed E-state index contributed by atoms with van der Waals surface area (Å²) in [6.45, 7) is 4.67. The lowest BCUT2D eigenvalue weighted by Crippen LogP contribution is -2.58. The summed E-state index contributed by atoms with van der Waals surface area (Å²) in [5.74, 6) is -0.318. The van der Waals surface area contributed by atoms with Crippen LogP contribution in [0.3, 0.4) is 0 Å². The first-order valence-electron chi connectivity index (χ1n) is 11.2. The molecule has 6 heteroatoms. The van der Waals surface area contributed by atoms with Gasteiger partial charge in [0.2, 0.25) is 11.8 Å². The third kappa shape index (κ3) is 3.38. The summed E-state index contributed by atoms with van der Waals surface area (Å²) in [4.78, 5) is 27.7. The van der Waals surface area contributed by atoms with Crippen molar-refractivity contribution < 1.29 is 18.4 Å². The van der Waals surface area contributed by atoms with E-state index in [4.69, 9.17) is 4.42 Å². The van der Waals surface area contributed by atoms with Gasteiger partial charge in [0.05, 0.1) is 24.3 Å². The molecule has 2 amide bonds. The maximum absolute atomic E-state index is 13.6. The molecule has 1 spiro atoms. The van der Waals surface area contributed by atoms with Gasteiger partial charge in [0, 0.05) is 23.9 Å². The molecule has 3 aromatic rings. The van der Waals surface area contributed by atoms with Crippen LogP contribution in [-0.2, 0) is 16.0 Å². The Morgan fingerprint density at radius 3 is 2.69 bits per heavy atom. The van der Waals surface area contributed by atoms with E-state index < -0.39 is 5.54 Å². The lowest BCUT2D eigenvalue weighted by atomic mass is 9.76. The Morgan fingerprint density at radius 1 is 1.19 bits per heavy atom. The van der Waals surface area contributed by atoms with Crippen LogP contribution in [0.25, 0.3) is 11.0 Å². The van der Waals surface area contributed by atoms with Crippen molar-refractivity contribution in [3.63, 3.8) is 0 Å². The van der Waals surface area contributed by atoms with Crippen LogP contribution < -0.4 is 5.32 Å². The minimum atomic E-state index is -0.505. The quantitative estimate of drug-likeness (QED) is 0.648. The molecular formula is C26H27FN2O3. The molecule has 0 unspecified atom stereocenters. The number of hydrogen-bond donors (Lipinski definition) is 1. The van der Waals surface area contributed by atoms with Crippen LogP contribution in [0, 0.1) is 19.7 Å². The van der Waals surface area contributed by atoms with Gasteiger partial charge in [0.15, 0.2) is 0 Å². The zero-order valence-corrected chi connectivity index (χ0v) is 18.4. The van der Waals surface area contributed by atoms with Gasteiger partial charge in [0.1, 0.15) is 11.4 Å². The third-order valence-corrected chi connectivity index (χ3v) is 7.23. The van der Waals surface area contributed by atoms with Gasteiger partial charge < -0.3 is 14.6 Å². The largest absolute Gasteiger partial charge is 0.464 e. The smallest absolute Gasteiger partial charge is 0.227 e. The van der Waals surface area contributed by atoms with Crippen LogP contribution in [-0.4, -0.2) is 28.8 Å². The molecule has 3 heterocycles. The van der Waals surface area contributed by atoms with E-state index in [1.807, 2.05) is 30.9 Å². The average Bonchev–Trinajstić information content (AvgIpc) is 3.35. The third-order valence-electron chi connectivity index (χ3n) is 7.23. The number of furan rings is 1. The number of carbonyl (C=O) groups is 2. The second-order valence-corrected chi connectivity index (χ2v) is 9.17. The highest BCUT2D eigenvalue weighted by molar-refractivity contribution is 5.90. The fraction of sp³-hybridized carbons (Fsp3) is 0.385. The fourth-order valence-electron chi connectivity index (χ4n) is 5.46. The van der Waals surface area contributed by atoms with Crippen LogP contribution in [0.1, 0.15) is 54.0 Å². The second kappa shape index (κ2) is 7.76. The zero-order valence-electron chi connectivity index (χ0n) is 18.4. The minimum absolute atomic E-state index is 0.0121. The van der Waals surface area contributed by atoms with Crippen LogP contribution in [0.2, 0.25) is 0 Å². The number of amides is 2. The molecule has 5 rings (SSSR count). The Labute approximate surface area is 186 Å². The van der Waals surface area contributed by atoms with Crippen LogP contribution in [0.4, 0.5) is 4.39 Å². The summed E-state index contributed by atoms with van der Waals surface area (Å²) in [5.41, 5.74) is 4.26. The number of fused-ring (bicyclic) bond motifs is 1. The van der Waals surface area contributed by atoms with Crippen molar-refractivity contribution in [3.05, 3.63) is 70.7 Å². The summed E-state index contributed by atoms with van der Waals surface area (Å²) in [7, 11) is 0. The van der Waals surface area contributed by atoms with Crippen molar-refractivity contribution in [2.75, 3.05) is 6.54 Å². The maximum atomic E-state index is 13.6. The predicted molar refractivity (Wildman–Crippen MR) is 120 cm³/mol. The van der Waals surface area contributed by atoms with Gasteiger partial charge >= 0.3 is 0 Å². The first-order chi connectivity index (χ1) is 15.4. The average molecular weight is 435 g/mol. The number of aryl methyl sites for hydroxylation is 2. The van der Waals surface area contributed by atoms with E-state index in [1.54, 1.807) is 18.4 Å². The molecule has 0 aliphatic carbocycles.